The molecule has 1 fully saturated rings. The van der Waals surface area contributed by atoms with Crippen LogP contribution in [-0.2, 0) is 0 Å². The van der Waals surface area contributed by atoms with Crippen LogP contribution in [0.4, 0.5) is 0 Å². The summed E-state index contributed by atoms with van der Waals surface area (Å²) in [5, 5.41) is 0. The van der Waals surface area contributed by atoms with E-state index in [0.717, 1.165) is 17.9 Å². The number of rotatable bonds is 4. The van der Waals surface area contributed by atoms with Crippen LogP contribution < -0.4 is 0 Å². The maximum atomic E-state index is 12.3. The highest BCUT2D eigenvalue weighted by atomic mass is 16.1. The van der Waals surface area contributed by atoms with Gasteiger partial charge in [-0.05, 0) is 37.0 Å². The summed E-state index contributed by atoms with van der Waals surface area (Å²) in [5.41, 5.74) is 1.35. The Labute approximate surface area is 111 Å². The minimum Gasteiger partial charge on any atom is -0.294 e. The van der Waals surface area contributed by atoms with Crippen molar-refractivity contribution in [2.24, 2.45) is 17.3 Å². The van der Waals surface area contributed by atoms with Crippen molar-refractivity contribution in [1.29, 1.82) is 0 Å². The van der Waals surface area contributed by atoms with E-state index in [4.69, 9.17) is 0 Å². The number of benzene rings is 1. The molecule has 2 unspecified atom stereocenters. The highest BCUT2D eigenvalue weighted by Gasteiger charge is 2.32. The molecule has 98 valence electrons. The summed E-state index contributed by atoms with van der Waals surface area (Å²) >= 11 is 0. The zero-order chi connectivity index (χ0) is 13.2. The Morgan fingerprint density at radius 2 is 2.00 bits per heavy atom. The summed E-state index contributed by atoms with van der Waals surface area (Å²) in [6, 6.07) is 9.70. The lowest BCUT2D eigenvalue weighted by Crippen LogP contribution is -2.15. The topological polar surface area (TPSA) is 17.1 Å². The zero-order valence-electron chi connectivity index (χ0n) is 11.8. The Morgan fingerprint density at radius 3 is 2.56 bits per heavy atom. The third kappa shape index (κ3) is 3.22. The van der Waals surface area contributed by atoms with E-state index >= 15 is 0 Å². The van der Waals surface area contributed by atoms with E-state index in [1.165, 1.54) is 19.3 Å². The van der Waals surface area contributed by atoms with Gasteiger partial charge in [-0.15, -0.1) is 0 Å². The van der Waals surface area contributed by atoms with Crippen LogP contribution in [0.1, 0.15) is 56.8 Å². The molecule has 0 N–H and O–H groups in total. The highest BCUT2D eigenvalue weighted by molar-refractivity contribution is 5.97. The first-order valence-corrected chi connectivity index (χ1v) is 7.07. The first-order valence-electron chi connectivity index (χ1n) is 7.07. The van der Waals surface area contributed by atoms with Gasteiger partial charge in [-0.3, -0.25) is 4.79 Å². The Bertz CT molecular complexity index is 405. The molecule has 1 heteroatoms. The van der Waals surface area contributed by atoms with Crippen molar-refractivity contribution in [3.8, 4) is 0 Å². The van der Waals surface area contributed by atoms with Crippen LogP contribution in [-0.4, -0.2) is 5.78 Å². The van der Waals surface area contributed by atoms with Gasteiger partial charge in [0.1, 0.15) is 0 Å². The van der Waals surface area contributed by atoms with E-state index in [1.807, 2.05) is 30.3 Å². The summed E-state index contributed by atoms with van der Waals surface area (Å²) < 4.78 is 0. The minimum atomic E-state index is 0.159. The van der Waals surface area contributed by atoms with Crippen molar-refractivity contribution in [2.75, 3.05) is 0 Å². The second kappa shape index (κ2) is 5.26. The molecule has 1 aliphatic rings. The van der Waals surface area contributed by atoms with Crippen LogP contribution in [0.2, 0.25) is 0 Å². The van der Waals surface area contributed by atoms with Crippen LogP contribution in [0.3, 0.4) is 0 Å². The molecule has 2 atom stereocenters. The SMILES string of the molecule is CC(CC1CCC(C)(C)C1)C(=O)c1ccccc1. The maximum Gasteiger partial charge on any atom is 0.165 e. The minimum absolute atomic E-state index is 0.159. The molecular formula is C17H24O. The first-order chi connectivity index (χ1) is 8.48. The Kier molecular flexibility index (Phi) is 3.89. The van der Waals surface area contributed by atoms with Gasteiger partial charge in [0.05, 0.1) is 0 Å². The molecule has 0 amide bonds. The Morgan fingerprint density at radius 1 is 1.33 bits per heavy atom. The fourth-order valence-corrected chi connectivity index (χ4v) is 3.28. The molecule has 2 rings (SSSR count). The standard InChI is InChI=1S/C17H24O/c1-13(11-14-9-10-17(2,3)12-14)16(18)15-7-5-4-6-8-15/h4-8,13-14H,9-12H2,1-3H3. The summed E-state index contributed by atoms with van der Waals surface area (Å²) in [6.07, 6.45) is 4.93. The highest BCUT2D eigenvalue weighted by Crippen LogP contribution is 2.43. The quantitative estimate of drug-likeness (QED) is 0.700. The first kappa shape index (κ1) is 13.3. The van der Waals surface area contributed by atoms with Gasteiger partial charge < -0.3 is 0 Å². The molecule has 0 aromatic heterocycles. The van der Waals surface area contributed by atoms with Gasteiger partial charge in [0.15, 0.2) is 5.78 Å². The monoisotopic (exact) mass is 244 g/mol. The smallest absolute Gasteiger partial charge is 0.165 e. The molecule has 1 aliphatic carbocycles. The van der Waals surface area contributed by atoms with Gasteiger partial charge in [-0.1, -0.05) is 51.1 Å². The zero-order valence-corrected chi connectivity index (χ0v) is 11.8. The summed E-state index contributed by atoms with van der Waals surface area (Å²) in [5.74, 6) is 1.20. The lowest BCUT2D eigenvalue weighted by Gasteiger charge is -2.19. The second-order valence-electron chi connectivity index (χ2n) is 6.64. The molecule has 0 heterocycles. The number of hydrogen-bond acceptors (Lipinski definition) is 1. The van der Waals surface area contributed by atoms with Gasteiger partial charge in [-0.25, -0.2) is 0 Å². The predicted molar refractivity (Wildman–Crippen MR) is 75.7 cm³/mol. The van der Waals surface area contributed by atoms with Crippen LogP contribution in [0.25, 0.3) is 0 Å². The van der Waals surface area contributed by atoms with Crippen molar-refractivity contribution in [1.82, 2.24) is 0 Å². The van der Waals surface area contributed by atoms with Crippen molar-refractivity contribution >= 4 is 5.78 Å². The van der Waals surface area contributed by atoms with Gasteiger partial charge in [-0.2, -0.15) is 0 Å². The van der Waals surface area contributed by atoms with Crippen molar-refractivity contribution < 1.29 is 4.79 Å². The van der Waals surface area contributed by atoms with Crippen LogP contribution >= 0.6 is 0 Å². The maximum absolute atomic E-state index is 12.3. The largest absolute Gasteiger partial charge is 0.294 e. The van der Waals surface area contributed by atoms with E-state index in [0.29, 0.717) is 11.2 Å². The third-order valence-corrected chi connectivity index (χ3v) is 4.26. The molecule has 1 saturated carbocycles. The number of carbonyl (C=O) groups excluding carboxylic acids is 1. The van der Waals surface area contributed by atoms with Crippen molar-refractivity contribution in [2.45, 2.75) is 46.5 Å². The molecule has 1 nitrogen and oxygen atoms in total. The molecular weight excluding hydrogens is 220 g/mol. The average Bonchev–Trinajstić information content (AvgIpc) is 2.68. The fourth-order valence-electron chi connectivity index (χ4n) is 3.28. The van der Waals surface area contributed by atoms with Crippen LogP contribution in [0, 0.1) is 17.3 Å². The van der Waals surface area contributed by atoms with Crippen molar-refractivity contribution in [3.05, 3.63) is 35.9 Å². The van der Waals surface area contributed by atoms with Crippen LogP contribution in [0.15, 0.2) is 30.3 Å². The predicted octanol–water partition coefficient (Wildman–Crippen LogP) is 4.72. The lowest BCUT2D eigenvalue weighted by atomic mass is 9.85. The Hall–Kier alpha value is -1.11. The molecule has 1 aromatic rings. The van der Waals surface area contributed by atoms with Gasteiger partial charge in [0.25, 0.3) is 0 Å². The van der Waals surface area contributed by atoms with E-state index in [2.05, 4.69) is 20.8 Å². The molecule has 0 aliphatic heterocycles. The van der Waals surface area contributed by atoms with Crippen molar-refractivity contribution in [3.63, 3.8) is 0 Å². The molecule has 0 bridgehead atoms. The third-order valence-electron chi connectivity index (χ3n) is 4.26. The summed E-state index contributed by atoms with van der Waals surface area (Å²) in [6.45, 7) is 6.77. The number of hydrogen-bond donors (Lipinski definition) is 0. The molecule has 0 spiro atoms. The summed E-state index contributed by atoms with van der Waals surface area (Å²) in [4.78, 5) is 12.3. The van der Waals surface area contributed by atoms with Crippen LogP contribution in [0.5, 0.6) is 0 Å². The average molecular weight is 244 g/mol. The lowest BCUT2D eigenvalue weighted by molar-refractivity contribution is 0.0911. The molecule has 1 aromatic carbocycles. The van der Waals surface area contributed by atoms with Gasteiger partial charge in [0.2, 0.25) is 0 Å². The van der Waals surface area contributed by atoms with E-state index < -0.39 is 0 Å². The molecule has 0 radical (unpaired) electrons. The summed E-state index contributed by atoms with van der Waals surface area (Å²) in [7, 11) is 0. The second-order valence-corrected chi connectivity index (χ2v) is 6.64. The van der Waals surface area contributed by atoms with Gasteiger partial charge in [0, 0.05) is 11.5 Å². The number of carbonyl (C=O) groups is 1. The normalized spacial score (nSPS) is 23.8. The van der Waals surface area contributed by atoms with Gasteiger partial charge >= 0.3 is 0 Å². The van der Waals surface area contributed by atoms with E-state index in [9.17, 15) is 4.79 Å². The fraction of sp³-hybridized carbons (Fsp3) is 0.588. The number of ketones is 1. The number of Topliss-reactive ketones (excluding diaryl/α,β-unsaturated/α-hetero) is 1. The molecule has 0 saturated heterocycles. The molecule has 18 heavy (non-hydrogen) atoms. The van der Waals surface area contributed by atoms with E-state index in [-0.39, 0.29) is 5.92 Å². The van der Waals surface area contributed by atoms with E-state index in [1.54, 1.807) is 0 Å². The Balaban J connectivity index is 1.93.